The van der Waals surface area contributed by atoms with Gasteiger partial charge in [0.05, 0.1) is 12.2 Å². The molecule has 0 aliphatic rings. The first-order valence-corrected chi connectivity index (χ1v) is 6.33. The number of carbonyl (C=O) groups excluding carboxylic acids is 1. The SMILES string of the molecule is CCOC(=O)c1ccc(Oc2cccc(CN)c2)nc1. The van der Waals surface area contributed by atoms with Crippen LogP contribution in [0.4, 0.5) is 0 Å². The lowest BCUT2D eigenvalue weighted by atomic mass is 10.2. The first-order chi connectivity index (χ1) is 9.72. The molecule has 0 saturated heterocycles. The van der Waals surface area contributed by atoms with E-state index >= 15 is 0 Å². The smallest absolute Gasteiger partial charge is 0.339 e. The summed E-state index contributed by atoms with van der Waals surface area (Å²) in [4.78, 5) is 15.6. The molecule has 0 aliphatic carbocycles. The highest BCUT2D eigenvalue weighted by Crippen LogP contribution is 2.20. The predicted molar refractivity (Wildman–Crippen MR) is 74.6 cm³/mol. The summed E-state index contributed by atoms with van der Waals surface area (Å²) in [5.74, 6) is 0.674. The molecule has 2 rings (SSSR count). The molecule has 0 unspecified atom stereocenters. The van der Waals surface area contributed by atoms with Gasteiger partial charge in [-0.3, -0.25) is 0 Å². The van der Waals surface area contributed by atoms with E-state index in [2.05, 4.69) is 4.98 Å². The molecule has 1 aromatic carbocycles. The van der Waals surface area contributed by atoms with Crippen molar-refractivity contribution in [3.63, 3.8) is 0 Å². The van der Waals surface area contributed by atoms with Gasteiger partial charge >= 0.3 is 5.97 Å². The Morgan fingerprint density at radius 2 is 2.15 bits per heavy atom. The van der Waals surface area contributed by atoms with Crippen molar-refractivity contribution in [2.75, 3.05) is 6.61 Å². The second-order valence-electron chi connectivity index (χ2n) is 4.06. The van der Waals surface area contributed by atoms with E-state index in [1.807, 2.05) is 24.3 Å². The van der Waals surface area contributed by atoms with Gasteiger partial charge in [0.25, 0.3) is 0 Å². The van der Waals surface area contributed by atoms with Crippen molar-refractivity contribution >= 4 is 5.97 Å². The zero-order valence-electron chi connectivity index (χ0n) is 11.2. The van der Waals surface area contributed by atoms with Crippen molar-refractivity contribution in [1.29, 1.82) is 0 Å². The van der Waals surface area contributed by atoms with E-state index in [4.69, 9.17) is 15.2 Å². The van der Waals surface area contributed by atoms with Gasteiger partial charge in [-0.1, -0.05) is 12.1 Å². The Hall–Kier alpha value is -2.40. The number of hydrogen-bond donors (Lipinski definition) is 1. The molecule has 104 valence electrons. The number of benzene rings is 1. The summed E-state index contributed by atoms with van der Waals surface area (Å²) in [5, 5.41) is 0. The van der Waals surface area contributed by atoms with Gasteiger partial charge in [-0.25, -0.2) is 9.78 Å². The van der Waals surface area contributed by atoms with Gasteiger partial charge < -0.3 is 15.2 Å². The molecule has 0 aliphatic heterocycles. The van der Waals surface area contributed by atoms with Crippen LogP contribution >= 0.6 is 0 Å². The molecule has 20 heavy (non-hydrogen) atoms. The molecule has 0 atom stereocenters. The van der Waals surface area contributed by atoms with Gasteiger partial charge in [0.2, 0.25) is 5.88 Å². The number of carbonyl (C=O) groups is 1. The molecule has 0 amide bonds. The fourth-order valence-electron chi connectivity index (χ4n) is 1.63. The Kier molecular flexibility index (Phi) is 4.68. The maximum Gasteiger partial charge on any atom is 0.339 e. The molecule has 2 aromatic rings. The molecule has 0 fully saturated rings. The van der Waals surface area contributed by atoms with Gasteiger partial charge in [-0.2, -0.15) is 0 Å². The lowest BCUT2D eigenvalue weighted by Crippen LogP contribution is -2.05. The summed E-state index contributed by atoms with van der Waals surface area (Å²) in [6.07, 6.45) is 1.43. The predicted octanol–water partition coefficient (Wildman–Crippen LogP) is 2.51. The first kappa shape index (κ1) is 14.0. The summed E-state index contributed by atoms with van der Waals surface area (Å²) < 4.78 is 10.5. The van der Waals surface area contributed by atoms with Crippen molar-refractivity contribution < 1.29 is 14.3 Å². The zero-order valence-corrected chi connectivity index (χ0v) is 11.2. The maximum absolute atomic E-state index is 11.5. The van der Waals surface area contributed by atoms with Crippen LogP contribution < -0.4 is 10.5 Å². The standard InChI is InChI=1S/C15H16N2O3/c1-2-19-15(18)12-6-7-14(17-10-12)20-13-5-3-4-11(8-13)9-16/h3-8,10H,2,9,16H2,1H3. The van der Waals surface area contributed by atoms with Gasteiger partial charge in [0.15, 0.2) is 0 Å². The molecule has 1 heterocycles. The number of nitrogens with zero attached hydrogens (tertiary/aromatic N) is 1. The van der Waals surface area contributed by atoms with Crippen LogP contribution in [0.3, 0.4) is 0 Å². The maximum atomic E-state index is 11.5. The lowest BCUT2D eigenvalue weighted by Gasteiger charge is -2.06. The van der Waals surface area contributed by atoms with Crippen molar-refractivity contribution in [2.24, 2.45) is 5.73 Å². The third-order valence-corrected chi connectivity index (χ3v) is 2.60. The highest BCUT2D eigenvalue weighted by Gasteiger charge is 2.07. The number of pyridine rings is 1. The molecule has 0 spiro atoms. The Labute approximate surface area is 117 Å². The topological polar surface area (TPSA) is 74.4 Å². The van der Waals surface area contributed by atoms with Crippen molar-refractivity contribution in [2.45, 2.75) is 13.5 Å². The summed E-state index contributed by atoms with van der Waals surface area (Å²) >= 11 is 0. The van der Waals surface area contributed by atoms with Crippen molar-refractivity contribution in [3.8, 4) is 11.6 Å². The Balaban J connectivity index is 2.08. The number of rotatable bonds is 5. The minimum atomic E-state index is -0.392. The van der Waals surface area contributed by atoms with Gasteiger partial charge in [-0.05, 0) is 30.7 Å². The molecular weight excluding hydrogens is 256 g/mol. The average Bonchev–Trinajstić information content (AvgIpc) is 2.48. The van der Waals surface area contributed by atoms with E-state index in [1.165, 1.54) is 6.20 Å². The number of hydrogen-bond acceptors (Lipinski definition) is 5. The average molecular weight is 272 g/mol. The second kappa shape index (κ2) is 6.68. The Bertz CT molecular complexity index is 582. The minimum absolute atomic E-state index is 0.336. The van der Waals surface area contributed by atoms with Crippen LogP contribution in [0.25, 0.3) is 0 Å². The highest BCUT2D eigenvalue weighted by molar-refractivity contribution is 5.89. The van der Waals surface area contributed by atoms with Crippen LogP contribution in [0.2, 0.25) is 0 Å². The van der Waals surface area contributed by atoms with Crippen LogP contribution in [0.15, 0.2) is 42.6 Å². The van der Waals surface area contributed by atoms with Crippen LogP contribution in [0.1, 0.15) is 22.8 Å². The van der Waals surface area contributed by atoms with Crippen molar-refractivity contribution in [1.82, 2.24) is 4.98 Å². The number of aromatic nitrogens is 1. The summed E-state index contributed by atoms with van der Waals surface area (Å²) in [6.45, 7) is 2.54. The zero-order chi connectivity index (χ0) is 14.4. The van der Waals surface area contributed by atoms with E-state index in [0.29, 0.717) is 30.3 Å². The second-order valence-corrected chi connectivity index (χ2v) is 4.06. The third-order valence-electron chi connectivity index (χ3n) is 2.60. The normalized spacial score (nSPS) is 10.1. The number of esters is 1. The van der Waals surface area contributed by atoms with E-state index in [0.717, 1.165) is 5.56 Å². The van der Waals surface area contributed by atoms with E-state index in [1.54, 1.807) is 19.1 Å². The van der Waals surface area contributed by atoms with Crippen LogP contribution in [0.5, 0.6) is 11.6 Å². The van der Waals surface area contributed by atoms with Gasteiger partial charge in [-0.15, -0.1) is 0 Å². The summed E-state index contributed by atoms with van der Waals surface area (Å²) in [6, 6.07) is 10.7. The molecule has 5 heteroatoms. The largest absolute Gasteiger partial charge is 0.462 e. The molecule has 0 bridgehead atoms. The van der Waals surface area contributed by atoms with Crippen LogP contribution in [-0.4, -0.2) is 17.6 Å². The Morgan fingerprint density at radius 3 is 2.80 bits per heavy atom. The number of ether oxygens (including phenoxy) is 2. The summed E-state index contributed by atoms with van der Waals surface area (Å²) in [5.41, 5.74) is 6.95. The van der Waals surface area contributed by atoms with Crippen molar-refractivity contribution in [3.05, 3.63) is 53.7 Å². The molecule has 0 saturated carbocycles. The van der Waals surface area contributed by atoms with E-state index in [9.17, 15) is 4.79 Å². The lowest BCUT2D eigenvalue weighted by molar-refractivity contribution is 0.0526. The monoisotopic (exact) mass is 272 g/mol. The fourth-order valence-corrected chi connectivity index (χ4v) is 1.63. The van der Waals surface area contributed by atoms with Gasteiger partial charge in [0, 0.05) is 18.8 Å². The molecule has 1 aromatic heterocycles. The number of nitrogens with two attached hydrogens (primary N) is 1. The molecule has 5 nitrogen and oxygen atoms in total. The highest BCUT2D eigenvalue weighted by atomic mass is 16.5. The van der Waals surface area contributed by atoms with Gasteiger partial charge in [0.1, 0.15) is 5.75 Å². The van der Waals surface area contributed by atoms with E-state index < -0.39 is 5.97 Å². The van der Waals surface area contributed by atoms with Crippen LogP contribution in [-0.2, 0) is 11.3 Å². The quantitative estimate of drug-likeness (QED) is 0.846. The first-order valence-electron chi connectivity index (χ1n) is 6.33. The minimum Gasteiger partial charge on any atom is -0.462 e. The molecular formula is C15H16N2O3. The molecule has 2 N–H and O–H groups in total. The Morgan fingerprint density at radius 1 is 1.30 bits per heavy atom. The fraction of sp³-hybridized carbons (Fsp3) is 0.200. The van der Waals surface area contributed by atoms with E-state index in [-0.39, 0.29) is 0 Å². The third kappa shape index (κ3) is 3.55. The summed E-state index contributed by atoms with van der Waals surface area (Å²) in [7, 11) is 0. The molecule has 0 radical (unpaired) electrons. The van der Waals surface area contributed by atoms with Crippen LogP contribution in [0, 0.1) is 0 Å².